The van der Waals surface area contributed by atoms with Crippen LogP contribution in [0.5, 0.6) is 11.5 Å². The van der Waals surface area contributed by atoms with Gasteiger partial charge in [-0.1, -0.05) is 37.3 Å². The molecule has 7 rings (SSSR count). The van der Waals surface area contributed by atoms with Crippen LogP contribution in [-0.4, -0.2) is 53.6 Å². The number of unbranched alkanes of at least 4 members (excludes halogenated alkanes) is 1. The number of methoxy groups -OCH3 is 1. The maximum absolute atomic E-state index is 13.6. The average Bonchev–Trinajstić information content (AvgIpc) is 3.51. The van der Waals surface area contributed by atoms with Crippen molar-refractivity contribution in [1.29, 1.82) is 0 Å². The van der Waals surface area contributed by atoms with Crippen LogP contribution in [0.2, 0.25) is 0 Å². The third kappa shape index (κ3) is 5.64. The van der Waals surface area contributed by atoms with E-state index < -0.39 is 5.97 Å². The molecular weight excluding hydrogens is 546 g/mol. The fourth-order valence-corrected chi connectivity index (χ4v) is 8.81. The van der Waals surface area contributed by atoms with E-state index in [1.165, 1.54) is 43.9 Å². The van der Waals surface area contributed by atoms with Gasteiger partial charge in [0.25, 0.3) is 5.91 Å². The molecule has 1 saturated heterocycles. The SMILES string of the molecule is CCCCOC(=O)COc1cc(OC)cc(C2=CCC(/C=C3\SC(=S)N(C4C5CC6CC(C5)CC4C6)C3=O)O2)c1. The van der Waals surface area contributed by atoms with Gasteiger partial charge in [-0.2, -0.15) is 0 Å². The Labute approximate surface area is 245 Å². The summed E-state index contributed by atoms with van der Waals surface area (Å²) in [5, 5.41) is 0. The van der Waals surface area contributed by atoms with Gasteiger partial charge in [0.2, 0.25) is 0 Å². The summed E-state index contributed by atoms with van der Waals surface area (Å²) in [6, 6.07) is 5.68. The van der Waals surface area contributed by atoms with E-state index in [0.717, 1.165) is 30.2 Å². The monoisotopic (exact) mass is 583 g/mol. The van der Waals surface area contributed by atoms with E-state index in [1.54, 1.807) is 13.2 Å². The number of thioether (sulfide) groups is 1. The Morgan fingerprint density at radius 3 is 2.55 bits per heavy atom. The van der Waals surface area contributed by atoms with Gasteiger partial charge in [0.1, 0.15) is 27.7 Å². The molecule has 1 atom stereocenters. The molecule has 1 aromatic rings. The zero-order chi connectivity index (χ0) is 27.8. The lowest BCUT2D eigenvalue weighted by Crippen LogP contribution is -2.57. The van der Waals surface area contributed by atoms with Gasteiger partial charge in [-0.3, -0.25) is 9.69 Å². The first kappa shape index (κ1) is 27.6. The van der Waals surface area contributed by atoms with Gasteiger partial charge in [0, 0.05) is 24.1 Å². The van der Waals surface area contributed by atoms with Crippen LogP contribution in [0.15, 0.2) is 35.3 Å². The van der Waals surface area contributed by atoms with Crippen LogP contribution in [0.25, 0.3) is 5.76 Å². The number of nitrogens with zero attached hydrogens (tertiary/aromatic N) is 1. The lowest BCUT2D eigenvalue weighted by atomic mass is 9.54. The van der Waals surface area contributed by atoms with Crippen LogP contribution in [-0.2, 0) is 19.1 Å². The van der Waals surface area contributed by atoms with Crippen LogP contribution in [0, 0.1) is 23.7 Å². The lowest BCUT2D eigenvalue weighted by molar-refractivity contribution is -0.146. The Hall–Kier alpha value is -2.52. The predicted molar refractivity (Wildman–Crippen MR) is 158 cm³/mol. The first-order valence-electron chi connectivity index (χ1n) is 14.5. The van der Waals surface area contributed by atoms with Crippen LogP contribution >= 0.6 is 24.0 Å². The Bertz CT molecular complexity index is 1210. The average molecular weight is 584 g/mol. The molecule has 0 radical (unpaired) electrons. The number of benzene rings is 1. The van der Waals surface area contributed by atoms with Gasteiger partial charge in [-0.15, -0.1) is 0 Å². The summed E-state index contributed by atoms with van der Waals surface area (Å²) in [7, 11) is 1.58. The van der Waals surface area contributed by atoms with Crippen LogP contribution in [0.1, 0.15) is 63.9 Å². The standard InChI is InChI=1S/C31H37NO6S2/c1-3-4-7-36-28(33)17-37-25-14-20(13-24(15-25)35-2)26-6-5-23(38-26)16-27-30(34)32(31(39)40-27)29-21-9-18-8-19(11-21)12-22(29)10-18/h6,13-16,18-19,21-23,29H,3-5,7-12,17H2,1-2H3/b27-16-. The summed E-state index contributed by atoms with van der Waals surface area (Å²) in [4.78, 5) is 28.2. The third-order valence-corrected chi connectivity index (χ3v) is 10.3. The number of thiocarbonyl (C=S) groups is 1. The number of hydrogen-bond acceptors (Lipinski definition) is 8. The summed E-state index contributed by atoms with van der Waals surface area (Å²) < 4.78 is 23.3. The Morgan fingerprint density at radius 1 is 1.12 bits per heavy atom. The molecular formula is C31H37NO6S2. The van der Waals surface area contributed by atoms with Gasteiger partial charge < -0.3 is 18.9 Å². The molecule has 9 heteroatoms. The molecule has 4 aliphatic carbocycles. The molecule has 1 unspecified atom stereocenters. The Morgan fingerprint density at radius 2 is 1.85 bits per heavy atom. The van der Waals surface area contributed by atoms with Gasteiger partial charge in [0.15, 0.2) is 6.61 Å². The molecule has 0 aromatic heterocycles. The summed E-state index contributed by atoms with van der Waals surface area (Å²) >= 11 is 7.18. The van der Waals surface area contributed by atoms with Crippen LogP contribution in [0.3, 0.4) is 0 Å². The molecule has 7 nitrogen and oxygen atoms in total. The summed E-state index contributed by atoms with van der Waals surface area (Å²) in [5.41, 5.74) is 0.783. The topological polar surface area (TPSA) is 74.3 Å². The van der Waals surface area contributed by atoms with E-state index in [9.17, 15) is 9.59 Å². The lowest BCUT2D eigenvalue weighted by Gasteiger charge is -2.56. The van der Waals surface area contributed by atoms with Crippen molar-refractivity contribution >= 4 is 45.9 Å². The molecule has 0 N–H and O–H groups in total. The number of amides is 1. The minimum Gasteiger partial charge on any atom is -0.497 e. The van der Waals surface area contributed by atoms with Crippen LogP contribution in [0.4, 0.5) is 0 Å². The Balaban J connectivity index is 1.10. The minimum absolute atomic E-state index is 0.0485. The molecule has 5 fully saturated rings. The predicted octanol–water partition coefficient (Wildman–Crippen LogP) is 6.12. The first-order chi connectivity index (χ1) is 19.4. The number of ether oxygens (including phenoxy) is 4. The van der Waals surface area contributed by atoms with Crippen molar-refractivity contribution in [3.8, 4) is 11.5 Å². The van der Waals surface area contributed by atoms with E-state index in [-0.39, 0.29) is 24.7 Å². The number of hydrogen-bond donors (Lipinski definition) is 0. The molecule has 1 amide bonds. The third-order valence-electron chi connectivity index (χ3n) is 8.97. The fraction of sp³-hybridized carbons (Fsp3) is 0.581. The molecule has 4 bridgehead atoms. The highest BCUT2D eigenvalue weighted by atomic mass is 32.2. The Kier molecular flexibility index (Phi) is 8.13. The number of rotatable bonds is 10. The summed E-state index contributed by atoms with van der Waals surface area (Å²) in [6.07, 6.45) is 12.5. The molecule has 40 heavy (non-hydrogen) atoms. The summed E-state index contributed by atoms with van der Waals surface area (Å²) in [5.74, 6) is 4.31. The second kappa shape index (κ2) is 11.8. The van der Waals surface area contributed by atoms with E-state index in [2.05, 4.69) is 0 Å². The van der Waals surface area contributed by atoms with E-state index in [1.807, 2.05) is 36.1 Å². The van der Waals surface area contributed by atoms with Crippen molar-refractivity contribution < 1.29 is 28.5 Å². The molecule has 0 spiro atoms. The van der Waals surface area contributed by atoms with Gasteiger partial charge >= 0.3 is 5.97 Å². The van der Waals surface area contributed by atoms with E-state index >= 15 is 0 Å². The van der Waals surface area contributed by atoms with Gasteiger partial charge in [-0.25, -0.2) is 4.79 Å². The van der Waals surface area contributed by atoms with Crippen molar-refractivity contribution in [2.24, 2.45) is 23.7 Å². The largest absolute Gasteiger partial charge is 0.497 e. The molecule has 1 aromatic carbocycles. The van der Waals surface area contributed by atoms with Gasteiger partial charge in [-0.05, 0) is 86.5 Å². The van der Waals surface area contributed by atoms with Crippen molar-refractivity contribution in [2.75, 3.05) is 20.3 Å². The molecule has 2 aliphatic heterocycles. The minimum atomic E-state index is -0.403. The van der Waals surface area contributed by atoms with Crippen molar-refractivity contribution in [1.82, 2.24) is 4.90 Å². The molecule has 2 heterocycles. The zero-order valence-electron chi connectivity index (χ0n) is 23.1. The molecule has 6 aliphatic rings. The maximum Gasteiger partial charge on any atom is 0.344 e. The highest BCUT2D eigenvalue weighted by molar-refractivity contribution is 8.26. The summed E-state index contributed by atoms with van der Waals surface area (Å²) in [6.45, 7) is 2.26. The zero-order valence-corrected chi connectivity index (χ0v) is 24.8. The number of carbonyl (C=O) groups excluding carboxylic acids is 2. The second-order valence-corrected chi connectivity index (χ2v) is 13.4. The first-order valence-corrected chi connectivity index (χ1v) is 15.8. The van der Waals surface area contributed by atoms with E-state index in [4.69, 9.17) is 31.2 Å². The molecule has 4 saturated carbocycles. The quantitative estimate of drug-likeness (QED) is 0.141. The normalized spacial score (nSPS) is 31.5. The second-order valence-electron chi connectivity index (χ2n) is 11.7. The highest BCUT2D eigenvalue weighted by Crippen LogP contribution is 2.56. The maximum atomic E-state index is 13.6. The molecule has 214 valence electrons. The smallest absolute Gasteiger partial charge is 0.344 e. The van der Waals surface area contributed by atoms with Crippen molar-refractivity contribution in [3.05, 3.63) is 40.8 Å². The van der Waals surface area contributed by atoms with Crippen molar-refractivity contribution in [2.45, 2.75) is 70.4 Å². The number of carbonyl (C=O) groups is 2. The fourth-order valence-electron chi connectivity index (χ4n) is 7.44. The van der Waals surface area contributed by atoms with Gasteiger partial charge in [0.05, 0.1) is 18.6 Å². The highest BCUT2D eigenvalue weighted by Gasteiger charge is 2.53. The van der Waals surface area contributed by atoms with Crippen LogP contribution < -0.4 is 9.47 Å². The number of esters is 1. The van der Waals surface area contributed by atoms with Crippen molar-refractivity contribution in [3.63, 3.8) is 0 Å². The van der Waals surface area contributed by atoms with E-state index in [0.29, 0.717) is 51.3 Å².